The monoisotopic (exact) mass is 259 g/mol. The Morgan fingerprint density at radius 1 is 1.47 bits per heavy atom. The topological polar surface area (TPSA) is 99.0 Å². The third-order valence-electron chi connectivity index (χ3n) is 3.12. The van der Waals surface area contributed by atoms with Crippen LogP contribution >= 0.6 is 0 Å². The highest BCUT2D eigenvalue weighted by Crippen LogP contribution is 2.19. The van der Waals surface area contributed by atoms with Gasteiger partial charge in [-0.25, -0.2) is 0 Å². The number of aryl methyl sites for hydroxylation is 1. The van der Waals surface area contributed by atoms with Gasteiger partial charge < -0.3 is 16.8 Å². The number of aromatic nitrogens is 2. The highest BCUT2D eigenvalue weighted by molar-refractivity contribution is 5.99. The molecular weight excluding hydrogens is 242 g/mol. The molecule has 1 aromatic heterocycles. The van der Waals surface area contributed by atoms with E-state index < -0.39 is 5.91 Å². The Hall–Kier alpha value is -2.50. The molecule has 0 bridgehead atoms. The van der Waals surface area contributed by atoms with Gasteiger partial charge in [0.05, 0.1) is 11.8 Å². The molecule has 1 aromatic carbocycles. The second-order valence-corrected chi connectivity index (χ2v) is 4.40. The minimum atomic E-state index is -0.502. The van der Waals surface area contributed by atoms with E-state index in [2.05, 4.69) is 10.4 Å². The lowest BCUT2D eigenvalue weighted by molar-refractivity contribution is 0.100. The van der Waals surface area contributed by atoms with Crippen molar-refractivity contribution < 1.29 is 4.79 Å². The van der Waals surface area contributed by atoms with Gasteiger partial charge >= 0.3 is 0 Å². The zero-order valence-electron chi connectivity index (χ0n) is 11.0. The van der Waals surface area contributed by atoms with Crippen molar-refractivity contribution in [2.45, 2.75) is 13.5 Å². The lowest BCUT2D eigenvalue weighted by atomic mass is 10.1. The number of nitrogens with zero attached hydrogens (tertiary/aromatic N) is 2. The first kappa shape index (κ1) is 12.9. The predicted molar refractivity (Wildman–Crippen MR) is 74.6 cm³/mol. The minimum absolute atomic E-state index is 0.390. The maximum Gasteiger partial charge on any atom is 0.250 e. The van der Waals surface area contributed by atoms with Crippen molar-refractivity contribution in [3.8, 4) is 0 Å². The van der Waals surface area contributed by atoms with E-state index in [0.717, 1.165) is 11.3 Å². The van der Waals surface area contributed by atoms with Crippen molar-refractivity contribution >= 4 is 17.3 Å². The number of hydrogen-bond acceptors (Lipinski definition) is 4. The maximum atomic E-state index is 11.4. The Morgan fingerprint density at radius 3 is 2.79 bits per heavy atom. The summed E-state index contributed by atoms with van der Waals surface area (Å²) in [6.07, 6.45) is 1.80. The Labute approximate surface area is 111 Å². The predicted octanol–water partition coefficient (Wildman–Crippen LogP) is 1.02. The second kappa shape index (κ2) is 5.01. The van der Waals surface area contributed by atoms with Crippen molar-refractivity contribution in [1.82, 2.24) is 9.78 Å². The molecule has 6 heteroatoms. The first-order valence-electron chi connectivity index (χ1n) is 5.89. The number of carbonyl (C=O) groups is 1. The number of nitrogens with one attached hydrogen (secondary N) is 1. The second-order valence-electron chi connectivity index (χ2n) is 4.40. The summed E-state index contributed by atoms with van der Waals surface area (Å²) in [4.78, 5) is 11.4. The van der Waals surface area contributed by atoms with E-state index in [0.29, 0.717) is 23.5 Å². The van der Waals surface area contributed by atoms with E-state index in [1.807, 2.05) is 14.0 Å². The third kappa shape index (κ3) is 2.67. The number of rotatable bonds is 4. The van der Waals surface area contributed by atoms with Crippen LogP contribution in [-0.2, 0) is 13.6 Å². The number of anilines is 2. The van der Waals surface area contributed by atoms with Gasteiger partial charge in [0.1, 0.15) is 0 Å². The molecule has 0 saturated heterocycles. The van der Waals surface area contributed by atoms with Gasteiger partial charge in [-0.2, -0.15) is 5.10 Å². The zero-order chi connectivity index (χ0) is 14.0. The molecule has 2 rings (SSSR count). The molecule has 0 aliphatic heterocycles. The number of primary amides is 1. The van der Waals surface area contributed by atoms with Crippen LogP contribution in [0.2, 0.25) is 0 Å². The van der Waals surface area contributed by atoms with Crippen molar-refractivity contribution in [3.05, 3.63) is 41.2 Å². The largest absolute Gasteiger partial charge is 0.399 e. The summed E-state index contributed by atoms with van der Waals surface area (Å²) in [5, 5.41) is 7.35. The summed E-state index contributed by atoms with van der Waals surface area (Å²) in [5.41, 5.74) is 14.7. The first-order valence-corrected chi connectivity index (χ1v) is 5.89. The van der Waals surface area contributed by atoms with E-state index in [1.165, 1.54) is 0 Å². The van der Waals surface area contributed by atoms with E-state index in [9.17, 15) is 4.79 Å². The van der Waals surface area contributed by atoms with Gasteiger partial charge in [0.15, 0.2) is 0 Å². The third-order valence-corrected chi connectivity index (χ3v) is 3.12. The molecule has 0 aliphatic carbocycles. The van der Waals surface area contributed by atoms with Crippen LogP contribution in [0.15, 0.2) is 24.4 Å². The lowest BCUT2D eigenvalue weighted by Crippen LogP contribution is -2.15. The van der Waals surface area contributed by atoms with Crippen molar-refractivity contribution in [1.29, 1.82) is 0 Å². The fourth-order valence-electron chi connectivity index (χ4n) is 1.83. The van der Waals surface area contributed by atoms with E-state index in [1.54, 1.807) is 29.1 Å². The standard InChI is InChI=1S/C13H17N5O/c1-8-9(7-17-18(8)2)6-16-12-4-3-10(14)5-11(12)13(15)19/h3-5,7,16H,6,14H2,1-2H3,(H2,15,19). The van der Waals surface area contributed by atoms with Gasteiger partial charge in [0.25, 0.3) is 5.91 Å². The summed E-state index contributed by atoms with van der Waals surface area (Å²) < 4.78 is 1.80. The zero-order valence-corrected chi connectivity index (χ0v) is 11.0. The summed E-state index contributed by atoms with van der Waals surface area (Å²) in [6, 6.07) is 5.05. The molecule has 0 unspecified atom stereocenters. The van der Waals surface area contributed by atoms with Crippen molar-refractivity contribution in [2.24, 2.45) is 12.8 Å². The fourth-order valence-corrected chi connectivity index (χ4v) is 1.83. The van der Waals surface area contributed by atoms with Crippen LogP contribution < -0.4 is 16.8 Å². The Kier molecular flexibility index (Phi) is 3.41. The van der Waals surface area contributed by atoms with Gasteiger partial charge in [-0.3, -0.25) is 9.48 Å². The first-order chi connectivity index (χ1) is 8.99. The SMILES string of the molecule is Cc1c(CNc2ccc(N)cc2C(N)=O)cnn1C. The average molecular weight is 259 g/mol. The molecule has 0 atom stereocenters. The molecule has 0 fully saturated rings. The number of amides is 1. The number of carbonyl (C=O) groups excluding carboxylic acids is 1. The van der Waals surface area contributed by atoms with Gasteiger partial charge in [-0.15, -0.1) is 0 Å². The molecule has 19 heavy (non-hydrogen) atoms. The van der Waals surface area contributed by atoms with Gasteiger partial charge in [-0.05, 0) is 25.1 Å². The van der Waals surface area contributed by atoms with Crippen LogP contribution in [0.5, 0.6) is 0 Å². The molecule has 2 aromatic rings. The molecular formula is C13H17N5O. The van der Waals surface area contributed by atoms with E-state index in [-0.39, 0.29) is 0 Å². The van der Waals surface area contributed by atoms with Gasteiger partial charge in [0, 0.05) is 36.2 Å². The fraction of sp³-hybridized carbons (Fsp3) is 0.231. The molecule has 0 aliphatic rings. The lowest BCUT2D eigenvalue weighted by Gasteiger charge is -2.10. The van der Waals surface area contributed by atoms with Gasteiger partial charge in [0.2, 0.25) is 0 Å². The Morgan fingerprint density at radius 2 is 2.21 bits per heavy atom. The van der Waals surface area contributed by atoms with Crippen LogP contribution in [0.4, 0.5) is 11.4 Å². The van der Waals surface area contributed by atoms with Crippen LogP contribution in [0.1, 0.15) is 21.6 Å². The van der Waals surface area contributed by atoms with Crippen LogP contribution in [0.3, 0.4) is 0 Å². The molecule has 0 saturated carbocycles. The highest BCUT2D eigenvalue weighted by atomic mass is 16.1. The van der Waals surface area contributed by atoms with Crippen molar-refractivity contribution in [2.75, 3.05) is 11.1 Å². The Bertz CT molecular complexity index is 617. The van der Waals surface area contributed by atoms with E-state index >= 15 is 0 Å². The van der Waals surface area contributed by atoms with Crippen molar-refractivity contribution in [3.63, 3.8) is 0 Å². The number of nitrogen functional groups attached to an aromatic ring is 1. The smallest absolute Gasteiger partial charge is 0.250 e. The number of benzene rings is 1. The number of nitrogens with two attached hydrogens (primary N) is 2. The highest BCUT2D eigenvalue weighted by Gasteiger charge is 2.09. The number of hydrogen-bond donors (Lipinski definition) is 3. The molecule has 0 spiro atoms. The summed E-state index contributed by atoms with van der Waals surface area (Å²) in [5.74, 6) is -0.502. The van der Waals surface area contributed by atoms with Crippen LogP contribution in [0, 0.1) is 6.92 Å². The maximum absolute atomic E-state index is 11.4. The molecule has 5 N–H and O–H groups in total. The Balaban J connectivity index is 2.20. The normalized spacial score (nSPS) is 10.4. The molecule has 6 nitrogen and oxygen atoms in total. The quantitative estimate of drug-likeness (QED) is 0.714. The molecule has 100 valence electrons. The average Bonchev–Trinajstić information content (AvgIpc) is 2.68. The molecule has 1 heterocycles. The summed E-state index contributed by atoms with van der Waals surface area (Å²) in [6.45, 7) is 2.56. The summed E-state index contributed by atoms with van der Waals surface area (Å²) in [7, 11) is 1.89. The van der Waals surface area contributed by atoms with Crippen LogP contribution in [0.25, 0.3) is 0 Å². The molecule has 0 radical (unpaired) electrons. The van der Waals surface area contributed by atoms with Crippen LogP contribution in [-0.4, -0.2) is 15.7 Å². The molecule has 1 amide bonds. The minimum Gasteiger partial charge on any atom is -0.399 e. The van der Waals surface area contributed by atoms with E-state index in [4.69, 9.17) is 11.5 Å². The van der Waals surface area contributed by atoms with Gasteiger partial charge in [-0.1, -0.05) is 0 Å². The summed E-state index contributed by atoms with van der Waals surface area (Å²) >= 11 is 0.